The van der Waals surface area contributed by atoms with Gasteiger partial charge in [0.15, 0.2) is 0 Å². The second-order valence-corrected chi connectivity index (χ2v) is 8.47. The molecule has 0 aliphatic carbocycles. The summed E-state index contributed by atoms with van der Waals surface area (Å²) in [6.07, 6.45) is 2.76. The molecule has 0 fully saturated rings. The highest BCUT2D eigenvalue weighted by Gasteiger charge is 2.28. The van der Waals surface area contributed by atoms with E-state index in [0.29, 0.717) is 28.3 Å². The Morgan fingerprint density at radius 2 is 2.00 bits per heavy atom. The van der Waals surface area contributed by atoms with E-state index < -0.39 is 16.5 Å². The average molecular weight is 396 g/mol. The van der Waals surface area contributed by atoms with Crippen molar-refractivity contribution in [1.29, 1.82) is 0 Å². The first kappa shape index (κ1) is 18.6. The van der Waals surface area contributed by atoms with Crippen LogP contribution < -0.4 is 5.32 Å². The van der Waals surface area contributed by atoms with Crippen molar-refractivity contribution in [2.45, 2.75) is 12.7 Å². The van der Waals surface area contributed by atoms with Crippen molar-refractivity contribution in [1.82, 2.24) is 13.9 Å². The van der Waals surface area contributed by atoms with Crippen molar-refractivity contribution < 1.29 is 13.2 Å². The number of nitrogens with zero attached hydrogens (tertiary/aromatic N) is 4. The van der Waals surface area contributed by atoms with E-state index in [1.54, 1.807) is 24.3 Å². The lowest BCUT2D eigenvalue weighted by Gasteiger charge is -2.30. The van der Waals surface area contributed by atoms with Crippen LogP contribution in [0.15, 0.2) is 46.0 Å². The van der Waals surface area contributed by atoms with Crippen LogP contribution in [0.3, 0.4) is 0 Å². The SMILES string of the molecule is CN(C)S(=O)(=O)N1C=C2C=NC(NC(=O)c3ccc(Cl)cc3)N=C2CC1. The summed E-state index contributed by atoms with van der Waals surface area (Å²) in [4.78, 5) is 20.8. The summed E-state index contributed by atoms with van der Waals surface area (Å²) < 4.78 is 26.8. The minimum absolute atomic E-state index is 0.286. The van der Waals surface area contributed by atoms with E-state index in [0.717, 1.165) is 4.31 Å². The molecule has 1 atom stereocenters. The predicted octanol–water partition coefficient (Wildman–Crippen LogP) is 1.27. The number of amides is 1. The lowest BCUT2D eigenvalue weighted by molar-refractivity contribution is 0.0940. The molecule has 0 saturated carbocycles. The molecular formula is C16H18ClN5O3S. The number of nitrogens with one attached hydrogen (secondary N) is 1. The Balaban J connectivity index is 1.72. The van der Waals surface area contributed by atoms with Crippen LogP contribution in [0, 0.1) is 0 Å². The van der Waals surface area contributed by atoms with Gasteiger partial charge in [0.1, 0.15) is 0 Å². The molecule has 0 radical (unpaired) electrons. The second-order valence-electron chi connectivity index (χ2n) is 5.94. The molecule has 0 spiro atoms. The number of fused-ring (bicyclic) bond motifs is 1. The van der Waals surface area contributed by atoms with Gasteiger partial charge in [0.05, 0.1) is 5.71 Å². The monoisotopic (exact) mass is 395 g/mol. The normalized spacial score (nSPS) is 19.7. The van der Waals surface area contributed by atoms with Gasteiger partial charge in [-0.3, -0.25) is 9.10 Å². The Morgan fingerprint density at radius 1 is 1.31 bits per heavy atom. The van der Waals surface area contributed by atoms with Crippen LogP contribution in [0.1, 0.15) is 16.8 Å². The van der Waals surface area contributed by atoms with Crippen molar-refractivity contribution in [3.05, 3.63) is 46.6 Å². The van der Waals surface area contributed by atoms with E-state index in [4.69, 9.17) is 11.6 Å². The molecule has 1 aromatic carbocycles. The first-order valence-corrected chi connectivity index (χ1v) is 9.62. The number of allylic oxidation sites excluding steroid dienone is 1. The Bertz CT molecular complexity index is 906. The van der Waals surface area contributed by atoms with Gasteiger partial charge in [-0.05, 0) is 24.3 Å². The molecule has 26 heavy (non-hydrogen) atoms. The van der Waals surface area contributed by atoms with Crippen molar-refractivity contribution in [2.75, 3.05) is 20.6 Å². The molecule has 1 aromatic rings. The summed E-state index contributed by atoms with van der Waals surface area (Å²) in [7, 11) is -0.568. The van der Waals surface area contributed by atoms with Crippen LogP contribution in [-0.2, 0) is 10.2 Å². The van der Waals surface area contributed by atoms with Crippen molar-refractivity contribution in [2.24, 2.45) is 9.98 Å². The fraction of sp³-hybridized carbons (Fsp3) is 0.312. The van der Waals surface area contributed by atoms with Gasteiger partial charge in [0, 0.05) is 55.6 Å². The smallest absolute Gasteiger partial charge is 0.303 e. The zero-order chi connectivity index (χ0) is 18.9. The summed E-state index contributed by atoms with van der Waals surface area (Å²) in [5, 5.41) is 3.26. The molecule has 2 heterocycles. The van der Waals surface area contributed by atoms with Gasteiger partial charge in [0.25, 0.3) is 5.91 Å². The van der Waals surface area contributed by atoms with Gasteiger partial charge in [0.2, 0.25) is 6.29 Å². The van der Waals surface area contributed by atoms with E-state index in [9.17, 15) is 13.2 Å². The quantitative estimate of drug-likeness (QED) is 0.831. The standard InChI is InChI=1S/C16H18ClN5O3S/c1-21(2)26(24,25)22-8-7-14-12(10-22)9-18-16(19-14)20-15(23)11-3-5-13(17)6-4-11/h3-6,9-10,16H,7-8H2,1-2H3,(H,20,23). The van der Waals surface area contributed by atoms with E-state index in [-0.39, 0.29) is 12.5 Å². The van der Waals surface area contributed by atoms with Gasteiger partial charge in [-0.15, -0.1) is 0 Å². The fourth-order valence-electron chi connectivity index (χ4n) is 2.50. The largest absolute Gasteiger partial charge is 0.312 e. The Kier molecular flexibility index (Phi) is 5.12. The van der Waals surface area contributed by atoms with Crippen LogP contribution in [0.2, 0.25) is 5.02 Å². The van der Waals surface area contributed by atoms with Gasteiger partial charge in [-0.2, -0.15) is 12.7 Å². The van der Waals surface area contributed by atoms with Crippen LogP contribution in [0.25, 0.3) is 0 Å². The Labute approximate surface area is 157 Å². The highest BCUT2D eigenvalue weighted by atomic mass is 35.5. The molecule has 0 saturated heterocycles. The summed E-state index contributed by atoms with van der Waals surface area (Å²) in [6.45, 7) is 0.286. The molecule has 1 N–H and O–H groups in total. The average Bonchev–Trinajstić information content (AvgIpc) is 2.61. The van der Waals surface area contributed by atoms with Gasteiger partial charge in [-0.1, -0.05) is 11.6 Å². The third kappa shape index (κ3) is 3.79. The summed E-state index contributed by atoms with van der Waals surface area (Å²) in [5.41, 5.74) is 1.79. The van der Waals surface area contributed by atoms with E-state index in [2.05, 4.69) is 15.3 Å². The summed E-state index contributed by atoms with van der Waals surface area (Å²) >= 11 is 5.81. The zero-order valence-corrected chi connectivity index (χ0v) is 15.8. The maximum absolute atomic E-state index is 12.2. The van der Waals surface area contributed by atoms with Crippen LogP contribution in [0.5, 0.6) is 0 Å². The topological polar surface area (TPSA) is 94.4 Å². The summed E-state index contributed by atoms with van der Waals surface area (Å²) in [6, 6.07) is 6.50. The Hall–Kier alpha value is -2.23. The van der Waals surface area contributed by atoms with Gasteiger partial charge < -0.3 is 5.32 Å². The highest BCUT2D eigenvalue weighted by molar-refractivity contribution is 7.86. The molecule has 2 aliphatic heterocycles. The minimum atomic E-state index is -3.53. The van der Waals surface area contributed by atoms with Gasteiger partial charge in [-0.25, -0.2) is 9.98 Å². The summed E-state index contributed by atoms with van der Waals surface area (Å²) in [5.74, 6) is -0.312. The number of halogens is 1. The number of carbonyl (C=O) groups excluding carboxylic acids is 1. The van der Waals surface area contributed by atoms with Crippen LogP contribution in [-0.4, -0.2) is 61.8 Å². The first-order valence-electron chi connectivity index (χ1n) is 7.85. The zero-order valence-electron chi connectivity index (χ0n) is 14.3. The molecular weight excluding hydrogens is 378 g/mol. The molecule has 2 aliphatic rings. The van der Waals surface area contributed by atoms with E-state index in [1.807, 2.05) is 0 Å². The number of hydrogen-bond acceptors (Lipinski definition) is 5. The lowest BCUT2D eigenvalue weighted by Crippen LogP contribution is -2.42. The van der Waals surface area contributed by atoms with Gasteiger partial charge >= 0.3 is 10.2 Å². The number of carbonyl (C=O) groups is 1. The van der Waals surface area contributed by atoms with Crippen molar-refractivity contribution in [3.8, 4) is 0 Å². The Morgan fingerprint density at radius 3 is 2.65 bits per heavy atom. The molecule has 1 unspecified atom stereocenters. The van der Waals surface area contributed by atoms with E-state index >= 15 is 0 Å². The predicted molar refractivity (Wildman–Crippen MR) is 101 cm³/mol. The highest BCUT2D eigenvalue weighted by Crippen LogP contribution is 2.19. The number of hydrogen-bond donors (Lipinski definition) is 1. The first-order chi connectivity index (χ1) is 12.3. The molecule has 0 bridgehead atoms. The lowest BCUT2D eigenvalue weighted by atomic mass is 10.1. The second kappa shape index (κ2) is 7.18. The molecule has 10 heteroatoms. The molecule has 1 amide bonds. The molecule has 8 nitrogen and oxygen atoms in total. The van der Waals surface area contributed by atoms with E-state index in [1.165, 1.54) is 30.8 Å². The third-order valence-corrected chi connectivity index (χ3v) is 6.00. The molecule has 3 rings (SSSR count). The maximum Gasteiger partial charge on any atom is 0.303 e. The van der Waals surface area contributed by atoms with Crippen LogP contribution >= 0.6 is 11.6 Å². The third-order valence-electron chi connectivity index (χ3n) is 3.94. The van der Waals surface area contributed by atoms with Crippen LogP contribution in [0.4, 0.5) is 0 Å². The fourth-order valence-corrected chi connectivity index (χ4v) is 3.61. The van der Waals surface area contributed by atoms with Crippen molar-refractivity contribution >= 4 is 39.6 Å². The molecule has 138 valence electrons. The van der Waals surface area contributed by atoms with Crippen molar-refractivity contribution in [3.63, 3.8) is 0 Å². The molecule has 0 aromatic heterocycles. The minimum Gasteiger partial charge on any atom is -0.312 e. The number of aliphatic imine (C=N–C) groups is 2. The maximum atomic E-state index is 12.2. The number of rotatable bonds is 4. The number of benzene rings is 1.